The molecule has 0 aliphatic heterocycles. The summed E-state index contributed by atoms with van der Waals surface area (Å²) in [4.78, 5) is 3.27. The Morgan fingerprint density at radius 1 is 1.78 bits per heavy atom. The molecule has 0 aromatic carbocycles. The molecule has 0 unspecified atom stereocenters. The molecule has 0 fully saturated rings. The fraction of sp³-hybridized carbons (Fsp3) is 0.143. The third-order valence-corrected chi connectivity index (χ3v) is 2.77. The number of hydrogen-bond donors (Lipinski definition) is 0. The number of rotatable bonds is 1. The molecule has 0 aliphatic rings. The normalized spacial score (nSPS) is 12.0. The van der Waals surface area contributed by atoms with Crippen LogP contribution >= 0.6 is 27.3 Å². The minimum Gasteiger partial charge on any atom is -0.144 e. The van der Waals surface area contributed by atoms with E-state index in [1.54, 1.807) is 11.3 Å². The lowest BCUT2D eigenvalue weighted by molar-refractivity contribution is 1.74. The highest BCUT2D eigenvalue weighted by molar-refractivity contribution is 9.11. The zero-order valence-electron chi connectivity index (χ0n) is 5.10. The van der Waals surface area contributed by atoms with Gasteiger partial charge in [-0.3, -0.25) is 0 Å². The molecule has 0 spiro atoms. The first-order valence-corrected chi connectivity index (χ1v) is 4.45. The summed E-state index contributed by atoms with van der Waals surface area (Å²) < 4.78 is 0. The van der Waals surface area contributed by atoms with E-state index in [0.29, 0.717) is 0 Å². The van der Waals surface area contributed by atoms with E-state index >= 15 is 0 Å². The van der Waals surface area contributed by atoms with Crippen LogP contribution in [-0.4, -0.2) is 0 Å². The Morgan fingerprint density at radius 3 is 3.00 bits per heavy atom. The first-order valence-electron chi connectivity index (χ1n) is 2.65. The highest BCUT2D eigenvalue weighted by atomic mass is 79.9. The Bertz CT molecular complexity index is 199. The monoisotopic (exact) mass is 202 g/mol. The second-order valence-corrected chi connectivity index (χ2v) is 3.17. The van der Waals surface area contributed by atoms with Crippen LogP contribution in [0.2, 0.25) is 0 Å². The maximum Gasteiger partial charge on any atom is 0.0304 e. The molecule has 0 radical (unpaired) electrons. The Morgan fingerprint density at radius 2 is 2.56 bits per heavy atom. The topological polar surface area (TPSA) is 0 Å². The summed E-state index contributed by atoms with van der Waals surface area (Å²) in [6, 6.07) is 4.16. The Hall–Kier alpha value is -0.0800. The SMILES string of the molecule is C/C(=C/Br)c1cccs1. The Balaban J connectivity index is 2.90. The second kappa shape index (κ2) is 3.18. The van der Waals surface area contributed by atoms with E-state index in [-0.39, 0.29) is 0 Å². The van der Waals surface area contributed by atoms with E-state index in [2.05, 4.69) is 40.4 Å². The van der Waals surface area contributed by atoms with Gasteiger partial charge >= 0.3 is 0 Å². The molecule has 1 aromatic rings. The van der Waals surface area contributed by atoms with Crippen molar-refractivity contribution >= 4 is 32.8 Å². The van der Waals surface area contributed by atoms with Crippen LogP contribution in [0.3, 0.4) is 0 Å². The third kappa shape index (κ3) is 1.66. The van der Waals surface area contributed by atoms with Gasteiger partial charge in [-0.15, -0.1) is 11.3 Å². The molecule has 0 amide bonds. The van der Waals surface area contributed by atoms with Crippen LogP contribution < -0.4 is 0 Å². The van der Waals surface area contributed by atoms with E-state index in [1.165, 1.54) is 10.5 Å². The largest absolute Gasteiger partial charge is 0.144 e. The van der Waals surface area contributed by atoms with Crippen molar-refractivity contribution in [2.24, 2.45) is 0 Å². The van der Waals surface area contributed by atoms with Crippen LogP contribution in [-0.2, 0) is 0 Å². The zero-order chi connectivity index (χ0) is 6.69. The average Bonchev–Trinajstić information content (AvgIpc) is 2.37. The molecular formula is C7H7BrS. The van der Waals surface area contributed by atoms with Gasteiger partial charge in [-0.2, -0.15) is 0 Å². The maximum atomic E-state index is 3.28. The highest BCUT2D eigenvalue weighted by Gasteiger charge is 1.91. The minimum absolute atomic E-state index is 1.28. The van der Waals surface area contributed by atoms with Gasteiger partial charge in [0.15, 0.2) is 0 Å². The zero-order valence-corrected chi connectivity index (χ0v) is 7.50. The molecule has 1 heterocycles. The highest BCUT2D eigenvalue weighted by Crippen LogP contribution is 2.19. The van der Waals surface area contributed by atoms with Crippen molar-refractivity contribution in [3.8, 4) is 0 Å². The van der Waals surface area contributed by atoms with Gasteiger partial charge in [-0.05, 0) is 28.9 Å². The maximum absolute atomic E-state index is 3.28. The fourth-order valence-electron chi connectivity index (χ4n) is 0.557. The molecule has 2 heteroatoms. The lowest BCUT2D eigenvalue weighted by Crippen LogP contribution is -1.64. The van der Waals surface area contributed by atoms with E-state index in [4.69, 9.17) is 0 Å². The summed E-state index contributed by atoms with van der Waals surface area (Å²) >= 11 is 5.04. The molecule has 9 heavy (non-hydrogen) atoms. The van der Waals surface area contributed by atoms with Crippen molar-refractivity contribution in [1.82, 2.24) is 0 Å². The van der Waals surface area contributed by atoms with Crippen molar-refractivity contribution in [2.75, 3.05) is 0 Å². The molecule has 0 bridgehead atoms. The van der Waals surface area contributed by atoms with Gasteiger partial charge in [-0.25, -0.2) is 0 Å². The van der Waals surface area contributed by atoms with Gasteiger partial charge in [0.25, 0.3) is 0 Å². The smallest absolute Gasteiger partial charge is 0.0304 e. The molecule has 0 saturated heterocycles. The molecular weight excluding hydrogens is 196 g/mol. The number of allylic oxidation sites excluding steroid dienone is 1. The summed E-state index contributed by atoms with van der Waals surface area (Å²) in [5.41, 5.74) is 1.28. The summed E-state index contributed by atoms with van der Waals surface area (Å²) in [7, 11) is 0. The van der Waals surface area contributed by atoms with Crippen LogP contribution in [0.25, 0.3) is 5.57 Å². The number of hydrogen-bond acceptors (Lipinski definition) is 1. The Labute approximate surface area is 67.3 Å². The fourth-order valence-corrected chi connectivity index (χ4v) is 1.66. The summed E-state index contributed by atoms with van der Waals surface area (Å²) in [6.45, 7) is 2.08. The summed E-state index contributed by atoms with van der Waals surface area (Å²) in [5, 5.41) is 2.08. The predicted octanol–water partition coefficient (Wildman–Crippen LogP) is 3.50. The minimum atomic E-state index is 1.28. The van der Waals surface area contributed by atoms with E-state index in [0.717, 1.165) is 0 Å². The summed E-state index contributed by atoms with van der Waals surface area (Å²) in [6.07, 6.45) is 0. The van der Waals surface area contributed by atoms with Crippen LogP contribution in [0.4, 0.5) is 0 Å². The first kappa shape index (κ1) is 7.03. The standard InChI is InChI=1S/C7H7BrS/c1-6(5-8)7-3-2-4-9-7/h2-5H,1H3/b6-5-. The van der Waals surface area contributed by atoms with Gasteiger partial charge in [-0.1, -0.05) is 22.0 Å². The van der Waals surface area contributed by atoms with Crippen molar-refractivity contribution < 1.29 is 0 Å². The van der Waals surface area contributed by atoms with Crippen molar-refractivity contribution in [1.29, 1.82) is 0 Å². The van der Waals surface area contributed by atoms with E-state index in [9.17, 15) is 0 Å². The van der Waals surface area contributed by atoms with Crippen LogP contribution in [0.5, 0.6) is 0 Å². The molecule has 0 aliphatic carbocycles. The number of thiophene rings is 1. The molecule has 0 atom stereocenters. The van der Waals surface area contributed by atoms with Gasteiger partial charge in [0, 0.05) is 4.88 Å². The van der Waals surface area contributed by atoms with Gasteiger partial charge in [0.2, 0.25) is 0 Å². The quantitative estimate of drug-likeness (QED) is 0.655. The van der Waals surface area contributed by atoms with Gasteiger partial charge < -0.3 is 0 Å². The Kier molecular flexibility index (Phi) is 2.49. The molecule has 1 aromatic heterocycles. The average molecular weight is 203 g/mol. The molecule has 0 nitrogen and oxygen atoms in total. The molecule has 0 saturated carbocycles. The molecule has 0 N–H and O–H groups in total. The van der Waals surface area contributed by atoms with Crippen LogP contribution in [0.15, 0.2) is 22.5 Å². The molecule has 48 valence electrons. The van der Waals surface area contributed by atoms with Crippen LogP contribution in [0, 0.1) is 0 Å². The van der Waals surface area contributed by atoms with Crippen LogP contribution in [0.1, 0.15) is 11.8 Å². The first-order chi connectivity index (χ1) is 4.34. The summed E-state index contributed by atoms with van der Waals surface area (Å²) in [5.74, 6) is 0. The van der Waals surface area contributed by atoms with Crippen molar-refractivity contribution in [3.05, 3.63) is 27.4 Å². The van der Waals surface area contributed by atoms with E-state index < -0.39 is 0 Å². The van der Waals surface area contributed by atoms with Crippen molar-refractivity contribution in [2.45, 2.75) is 6.92 Å². The third-order valence-electron chi connectivity index (χ3n) is 1.07. The predicted molar refractivity (Wildman–Crippen MR) is 46.9 cm³/mol. The van der Waals surface area contributed by atoms with E-state index in [1.807, 2.05) is 4.99 Å². The molecule has 1 rings (SSSR count). The lowest BCUT2D eigenvalue weighted by atomic mass is 10.3. The number of halogens is 1. The van der Waals surface area contributed by atoms with Gasteiger partial charge in [0.05, 0.1) is 0 Å². The van der Waals surface area contributed by atoms with Crippen molar-refractivity contribution in [3.63, 3.8) is 0 Å². The second-order valence-electron chi connectivity index (χ2n) is 1.77. The lowest BCUT2D eigenvalue weighted by Gasteiger charge is -1.89. The van der Waals surface area contributed by atoms with Gasteiger partial charge in [0.1, 0.15) is 0 Å².